The highest BCUT2D eigenvalue weighted by molar-refractivity contribution is 5.34. The molecule has 1 unspecified atom stereocenters. The van der Waals surface area contributed by atoms with Crippen molar-refractivity contribution in [1.82, 2.24) is 15.2 Å². The molecule has 1 atom stereocenters. The number of hydrogen-bond donors (Lipinski definition) is 2. The lowest BCUT2D eigenvalue weighted by molar-refractivity contribution is 0.317. The van der Waals surface area contributed by atoms with Crippen LogP contribution in [-0.4, -0.2) is 16.4 Å². The quantitative estimate of drug-likeness (QED) is 0.579. The van der Waals surface area contributed by atoms with Gasteiger partial charge in [-0.15, -0.1) is 0 Å². The second-order valence-corrected chi connectivity index (χ2v) is 5.00. The van der Waals surface area contributed by atoms with E-state index in [9.17, 15) is 0 Å². The van der Waals surface area contributed by atoms with E-state index in [0.717, 1.165) is 43.0 Å². The first-order valence-electron chi connectivity index (χ1n) is 7.50. The van der Waals surface area contributed by atoms with Gasteiger partial charge in [0.1, 0.15) is 5.75 Å². The normalized spacial score (nSPS) is 12.3. The molecule has 0 aliphatic rings. The average Bonchev–Trinajstić information content (AvgIpc) is 2.95. The van der Waals surface area contributed by atoms with Crippen molar-refractivity contribution in [2.45, 2.75) is 39.3 Å². The molecule has 21 heavy (non-hydrogen) atoms. The highest BCUT2D eigenvalue weighted by atomic mass is 16.5. The third kappa shape index (κ3) is 3.83. The van der Waals surface area contributed by atoms with E-state index in [-0.39, 0.29) is 6.04 Å². The van der Waals surface area contributed by atoms with Crippen LogP contribution in [0.15, 0.2) is 36.5 Å². The van der Waals surface area contributed by atoms with Crippen LogP contribution in [0.25, 0.3) is 0 Å². The number of nitrogens with one attached hydrogen (secondary N) is 1. The Bertz CT molecular complexity index is 553. The van der Waals surface area contributed by atoms with Crippen molar-refractivity contribution in [3.05, 3.63) is 47.8 Å². The first-order chi connectivity index (χ1) is 10.3. The van der Waals surface area contributed by atoms with Crippen molar-refractivity contribution in [3.63, 3.8) is 0 Å². The Morgan fingerprint density at radius 2 is 2.14 bits per heavy atom. The second kappa shape index (κ2) is 7.81. The van der Waals surface area contributed by atoms with Gasteiger partial charge in [-0.3, -0.25) is 10.5 Å². The number of benzene rings is 1. The van der Waals surface area contributed by atoms with Gasteiger partial charge < -0.3 is 4.74 Å². The number of ether oxygens (including phenoxy) is 1. The van der Waals surface area contributed by atoms with Gasteiger partial charge >= 0.3 is 0 Å². The summed E-state index contributed by atoms with van der Waals surface area (Å²) in [5.41, 5.74) is 5.02. The molecule has 1 heterocycles. The molecule has 0 fully saturated rings. The first-order valence-corrected chi connectivity index (χ1v) is 7.50. The monoisotopic (exact) mass is 288 g/mol. The molecule has 1 aromatic heterocycles. The van der Waals surface area contributed by atoms with Gasteiger partial charge in [0.2, 0.25) is 0 Å². The molecule has 0 bridgehead atoms. The van der Waals surface area contributed by atoms with Gasteiger partial charge in [0, 0.05) is 12.7 Å². The van der Waals surface area contributed by atoms with Gasteiger partial charge in [0.15, 0.2) is 0 Å². The molecule has 0 spiro atoms. The molecular weight excluding hydrogens is 264 g/mol. The van der Waals surface area contributed by atoms with E-state index >= 15 is 0 Å². The van der Waals surface area contributed by atoms with E-state index in [1.54, 1.807) is 0 Å². The zero-order valence-electron chi connectivity index (χ0n) is 12.7. The van der Waals surface area contributed by atoms with Crippen LogP contribution in [0.4, 0.5) is 0 Å². The zero-order valence-corrected chi connectivity index (χ0v) is 12.7. The number of nitrogens with zero attached hydrogens (tertiary/aromatic N) is 2. The van der Waals surface area contributed by atoms with E-state index in [1.807, 2.05) is 41.2 Å². The minimum Gasteiger partial charge on any atom is -0.494 e. The lowest BCUT2D eigenvalue weighted by Crippen LogP contribution is -2.30. The summed E-state index contributed by atoms with van der Waals surface area (Å²) in [4.78, 5) is 0. The number of aryl methyl sites for hydroxylation is 1. The summed E-state index contributed by atoms with van der Waals surface area (Å²) in [6, 6.07) is 9.95. The van der Waals surface area contributed by atoms with Crippen molar-refractivity contribution in [1.29, 1.82) is 0 Å². The molecule has 5 nitrogen and oxygen atoms in total. The summed E-state index contributed by atoms with van der Waals surface area (Å²) in [5, 5.41) is 4.36. The van der Waals surface area contributed by atoms with Crippen molar-refractivity contribution >= 4 is 0 Å². The molecule has 2 aromatic rings. The largest absolute Gasteiger partial charge is 0.494 e. The van der Waals surface area contributed by atoms with Crippen molar-refractivity contribution in [2.24, 2.45) is 5.84 Å². The van der Waals surface area contributed by atoms with Crippen LogP contribution in [0.3, 0.4) is 0 Å². The van der Waals surface area contributed by atoms with Crippen LogP contribution in [0.1, 0.15) is 44.0 Å². The SMILES string of the molecule is CCCOc1cccc(C(NN)c2ccnn2CCC)c1. The zero-order chi connectivity index (χ0) is 15.1. The summed E-state index contributed by atoms with van der Waals surface area (Å²) in [7, 11) is 0. The molecule has 114 valence electrons. The predicted molar refractivity (Wildman–Crippen MR) is 83.9 cm³/mol. The predicted octanol–water partition coefficient (Wildman–Crippen LogP) is 2.63. The van der Waals surface area contributed by atoms with Gasteiger partial charge in [-0.25, -0.2) is 5.43 Å². The second-order valence-electron chi connectivity index (χ2n) is 5.00. The minimum atomic E-state index is -0.0933. The average molecular weight is 288 g/mol. The number of hydrogen-bond acceptors (Lipinski definition) is 4. The fourth-order valence-corrected chi connectivity index (χ4v) is 2.34. The number of rotatable bonds is 8. The summed E-state index contributed by atoms with van der Waals surface area (Å²) in [6.07, 6.45) is 3.84. The molecule has 3 N–H and O–H groups in total. The van der Waals surface area contributed by atoms with Crippen molar-refractivity contribution in [3.8, 4) is 5.75 Å². The van der Waals surface area contributed by atoms with Crippen LogP contribution in [-0.2, 0) is 6.54 Å². The summed E-state index contributed by atoms with van der Waals surface area (Å²) in [6.45, 7) is 5.83. The Labute approximate surface area is 126 Å². The molecule has 0 aliphatic carbocycles. The highest BCUT2D eigenvalue weighted by Crippen LogP contribution is 2.24. The van der Waals surface area contributed by atoms with Gasteiger partial charge in [-0.2, -0.15) is 5.10 Å². The maximum atomic E-state index is 5.78. The van der Waals surface area contributed by atoms with E-state index in [2.05, 4.69) is 24.4 Å². The molecule has 0 saturated carbocycles. The fourth-order valence-electron chi connectivity index (χ4n) is 2.34. The molecule has 0 radical (unpaired) electrons. The van der Waals surface area contributed by atoms with E-state index in [0.29, 0.717) is 0 Å². The van der Waals surface area contributed by atoms with Crippen molar-refractivity contribution in [2.75, 3.05) is 6.61 Å². The van der Waals surface area contributed by atoms with Gasteiger partial charge in [0.05, 0.1) is 18.3 Å². The Morgan fingerprint density at radius 1 is 1.29 bits per heavy atom. The highest BCUT2D eigenvalue weighted by Gasteiger charge is 2.17. The lowest BCUT2D eigenvalue weighted by atomic mass is 10.0. The molecule has 2 rings (SSSR count). The van der Waals surface area contributed by atoms with Gasteiger partial charge in [0.25, 0.3) is 0 Å². The maximum absolute atomic E-state index is 5.78. The minimum absolute atomic E-state index is 0.0933. The smallest absolute Gasteiger partial charge is 0.119 e. The third-order valence-corrected chi connectivity index (χ3v) is 3.31. The van der Waals surface area contributed by atoms with E-state index < -0.39 is 0 Å². The van der Waals surface area contributed by atoms with Crippen LogP contribution >= 0.6 is 0 Å². The Morgan fingerprint density at radius 3 is 2.86 bits per heavy atom. The third-order valence-electron chi connectivity index (χ3n) is 3.31. The summed E-state index contributed by atoms with van der Waals surface area (Å²) >= 11 is 0. The first kappa shape index (κ1) is 15.5. The maximum Gasteiger partial charge on any atom is 0.119 e. The van der Waals surface area contributed by atoms with Crippen LogP contribution in [0.5, 0.6) is 5.75 Å². The Hall–Kier alpha value is -1.85. The topological polar surface area (TPSA) is 65.1 Å². The number of aromatic nitrogens is 2. The summed E-state index contributed by atoms with van der Waals surface area (Å²) in [5.74, 6) is 6.65. The van der Waals surface area contributed by atoms with E-state index in [4.69, 9.17) is 10.6 Å². The molecule has 0 saturated heterocycles. The van der Waals surface area contributed by atoms with Gasteiger partial charge in [-0.1, -0.05) is 26.0 Å². The Balaban J connectivity index is 2.26. The summed E-state index contributed by atoms with van der Waals surface area (Å²) < 4.78 is 7.68. The van der Waals surface area contributed by atoms with Crippen LogP contribution in [0, 0.1) is 0 Å². The number of hydrazine groups is 1. The Kier molecular flexibility index (Phi) is 5.78. The molecular formula is C16H24N4O. The van der Waals surface area contributed by atoms with Gasteiger partial charge in [-0.05, 0) is 36.6 Å². The van der Waals surface area contributed by atoms with Crippen LogP contribution in [0.2, 0.25) is 0 Å². The number of nitrogens with two attached hydrogens (primary N) is 1. The molecule has 0 aliphatic heterocycles. The van der Waals surface area contributed by atoms with Crippen LogP contribution < -0.4 is 16.0 Å². The lowest BCUT2D eigenvalue weighted by Gasteiger charge is -2.19. The molecule has 5 heteroatoms. The van der Waals surface area contributed by atoms with Crippen molar-refractivity contribution < 1.29 is 4.74 Å². The fraction of sp³-hybridized carbons (Fsp3) is 0.438. The van der Waals surface area contributed by atoms with E-state index in [1.165, 1.54) is 0 Å². The standard InChI is InChI=1S/C16H24N4O/c1-3-10-20-15(8-9-18-20)16(19-17)13-6-5-7-14(12-13)21-11-4-2/h5-9,12,16,19H,3-4,10-11,17H2,1-2H3. The molecule has 0 amide bonds. The molecule has 1 aromatic carbocycles.